The van der Waals surface area contributed by atoms with Crippen molar-refractivity contribution in [2.75, 3.05) is 0 Å². The van der Waals surface area contributed by atoms with Crippen molar-refractivity contribution in [1.82, 2.24) is 0 Å². The van der Waals surface area contributed by atoms with Gasteiger partial charge in [-0.2, -0.15) is 11.3 Å². The number of hydrogen-bond donors (Lipinski definition) is 0. The zero-order chi connectivity index (χ0) is 10.7. The van der Waals surface area contributed by atoms with Gasteiger partial charge < -0.3 is 4.74 Å². The standard InChI is InChI=1S/C13H14OS/c1-10-5-11(2)7-13(6-10)14-8-12-3-4-15-9-12/h3-7,9H,8H2,1-2H3. The first-order chi connectivity index (χ1) is 7.24. The van der Waals surface area contributed by atoms with Gasteiger partial charge in [0, 0.05) is 0 Å². The van der Waals surface area contributed by atoms with Crippen LogP contribution in [0.25, 0.3) is 0 Å². The van der Waals surface area contributed by atoms with E-state index in [0.717, 1.165) is 5.75 Å². The van der Waals surface area contributed by atoms with Crippen LogP contribution in [0.5, 0.6) is 5.75 Å². The molecule has 0 radical (unpaired) electrons. The molecule has 0 amide bonds. The van der Waals surface area contributed by atoms with Crippen LogP contribution in [0.3, 0.4) is 0 Å². The highest BCUT2D eigenvalue weighted by atomic mass is 32.1. The minimum absolute atomic E-state index is 0.659. The fourth-order valence-electron chi connectivity index (χ4n) is 1.56. The smallest absolute Gasteiger partial charge is 0.120 e. The summed E-state index contributed by atoms with van der Waals surface area (Å²) >= 11 is 1.70. The predicted molar refractivity (Wildman–Crippen MR) is 64.6 cm³/mol. The maximum absolute atomic E-state index is 5.72. The van der Waals surface area contributed by atoms with Crippen LogP contribution in [-0.2, 0) is 6.61 Å². The SMILES string of the molecule is Cc1cc(C)cc(OCc2ccsc2)c1. The highest BCUT2D eigenvalue weighted by molar-refractivity contribution is 7.07. The van der Waals surface area contributed by atoms with Gasteiger partial charge >= 0.3 is 0 Å². The van der Waals surface area contributed by atoms with Crippen molar-refractivity contribution in [3.8, 4) is 5.75 Å². The molecule has 0 saturated heterocycles. The van der Waals surface area contributed by atoms with Crippen molar-refractivity contribution in [2.24, 2.45) is 0 Å². The second kappa shape index (κ2) is 4.49. The zero-order valence-corrected chi connectivity index (χ0v) is 9.80. The molecule has 0 aliphatic carbocycles. The summed E-state index contributed by atoms with van der Waals surface area (Å²) in [5, 5.41) is 4.18. The fraction of sp³-hybridized carbons (Fsp3) is 0.231. The van der Waals surface area contributed by atoms with Crippen molar-refractivity contribution >= 4 is 11.3 Å². The number of benzene rings is 1. The Kier molecular flexibility index (Phi) is 3.07. The summed E-state index contributed by atoms with van der Waals surface area (Å²) in [4.78, 5) is 0. The maximum Gasteiger partial charge on any atom is 0.120 e. The molecule has 1 aromatic heterocycles. The largest absolute Gasteiger partial charge is 0.489 e. The van der Waals surface area contributed by atoms with Gasteiger partial charge in [0.05, 0.1) is 0 Å². The third kappa shape index (κ3) is 2.83. The Balaban J connectivity index is 2.05. The van der Waals surface area contributed by atoms with Crippen LogP contribution in [0.4, 0.5) is 0 Å². The lowest BCUT2D eigenvalue weighted by molar-refractivity contribution is 0.306. The van der Waals surface area contributed by atoms with Crippen LogP contribution in [0.2, 0.25) is 0 Å². The van der Waals surface area contributed by atoms with Gasteiger partial charge in [-0.05, 0) is 59.5 Å². The normalized spacial score (nSPS) is 10.3. The molecular weight excluding hydrogens is 204 g/mol. The van der Waals surface area contributed by atoms with Crippen molar-refractivity contribution in [1.29, 1.82) is 0 Å². The van der Waals surface area contributed by atoms with Crippen LogP contribution < -0.4 is 4.74 Å². The third-order valence-electron chi connectivity index (χ3n) is 2.18. The minimum atomic E-state index is 0.659. The van der Waals surface area contributed by atoms with E-state index in [0.29, 0.717) is 6.61 Å². The van der Waals surface area contributed by atoms with Crippen LogP contribution >= 0.6 is 11.3 Å². The van der Waals surface area contributed by atoms with E-state index in [2.05, 4.69) is 48.9 Å². The van der Waals surface area contributed by atoms with Crippen molar-refractivity contribution < 1.29 is 4.74 Å². The molecular formula is C13H14OS. The maximum atomic E-state index is 5.72. The second-order valence-corrected chi connectivity index (χ2v) is 4.52. The summed E-state index contributed by atoms with van der Waals surface area (Å²) in [5.74, 6) is 0.957. The summed E-state index contributed by atoms with van der Waals surface area (Å²) in [7, 11) is 0. The number of aryl methyl sites for hydroxylation is 2. The summed E-state index contributed by atoms with van der Waals surface area (Å²) < 4.78 is 5.72. The molecule has 2 rings (SSSR count). The highest BCUT2D eigenvalue weighted by Crippen LogP contribution is 2.18. The summed E-state index contributed by atoms with van der Waals surface area (Å²) in [6.07, 6.45) is 0. The van der Waals surface area contributed by atoms with Gasteiger partial charge in [0.25, 0.3) is 0 Å². The topological polar surface area (TPSA) is 9.23 Å². The summed E-state index contributed by atoms with van der Waals surface area (Å²) in [6, 6.07) is 8.38. The van der Waals surface area contributed by atoms with Gasteiger partial charge in [0.2, 0.25) is 0 Å². The predicted octanol–water partition coefficient (Wildman–Crippen LogP) is 3.94. The van der Waals surface area contributed by atoms with Gasteiger partial charge in [-0.1, -0.05) is 6.07 Å². The van der Waals surface area contributed by atoms with E-state index in [9.17, 15) is 0 Å². The van der Waals surface area contributed by atoms with Crippen molar-refractivity contribution in [3.63, 3.8) is 0 Å². The Morgan fingerprint density at radius 2 is 1.87 bits per heavy atom. The number of ether oxygens (including phenoxy) is 1. The Hall–Kier alpha value is -1.28. The third-order valence-corrected chi connectivity index (χ3v) is 2.91. The van der Waals surface area contributed by atoms with Crippen LogP contribution in [0.15, 0.2) is 35.0 Å². The fourth-order valence-corrected chi connectivity index (χ4v) is 2.21. The van der Waals surface area contributed by atoms with E-state index in [4.69, 9.17) is 4.74 Å². The lowest BCUT2D eigenvalue weighted by atomic mass is 10.1. The molecule has 15 heavy (non-hydrogen) atoms. The molecule has 0 N–H and O–H groups in total. The van der Waals surface area contributed by atoms with E-state index in [1.165, 1.54) is 16.7 Å². The first kappa shape index (κ1) is 10.2. The monoisotopic (exact) mass is 218 g/mol. The molecule has 1 nitrogen and oxygen atoms in total. The Morgan fingerprint density at radius 1 is 1.13 bits per heavy atom. The molecule has 0 aliphatic heterocycles. The number of hydrogen-bond acceptors (Lipinski definition) is 2. The average molecular weight is 218 g/mol. The molecule has 0 atom stereocenters. The lowest BCUT2D eigenvalue weighted by Crippen LogP contribution is -1.94. The Morgan fingerprint density at radius 3 is 2.47 bits per heavy atom. The average Bonchev–Trinajstić information content (AvgIpc) is 2.65. The summed E-state index contributed by atoms with van der Waals surface area (Å²) in [5.41, 5.74) is 3.73. The van der Waals surface area contributed by atoms with E-state index in [-0.39, 0.29) is 0 Å². The minimum Gasteiger partial charge on any atom is -0.489 e. The molecule has 0 bridgehead atoms. The van der Waals surface area contributed by atoms with Crippen molar-refractivity contribution in [3.05, 3.63) is 51.7 Å². The Labute approximate surface area is 94.3 Å². The van der Waals surface area contributed by atoms with E-state index in [1.54, 1.807) is 11.3 Å². The molecule has 2 aromatic rings. The second-order valence-electron chi connectivity index (χ2n) is 3.74. The molecule has 1 heterocycles. The zero-order valence-electron chi connectivity index (χ0n) is 8.99. The van der Waals surface area contributed by atoms with Gasteiger partial charge in [0.15, 0.2) is 0 Å². The van der Waals surface area contributed by atoms with Gasteiger partial charge in [0.1, 0.15) is 12.4 Å². The highest BCUT2D eigenvalue weighted by Gasteiger charge is 1.98. The molecule has 1 aromatic carbocycles. The van der Waals surface area contributed by atoms with E-state index in [1.807, 2.05) is 0 Å². The Bertz CT molecular complexity index is 412. The van der Waals surface area contributed by atoms with Gasteiger partial charge in [-0.25, -0.2) is 0 Å². The van der Waals surface area contributed by atoms with Crippen LogP contribution in [-0.4, -0.2) is 0 Å². The van der Waals surface area contributed by atoms with Crippen LogP contribution in [0, 0.1) is 13.8 Å². The molecule has 0 fully saturated rings. The molecule has 0 spiro atoms. The van der Waals surface area contributed by atoms with Gasteiger partial charge in [-0.15, -0.1) is 0 Å². The molecule has 2 heteroatoms. The quantitative estimate of drug-likeness (QED) is 0.758. The molecule has 0 aliphatic rings. The van der Waals surface area contributed by atoms with Gasteiger partial charge in [-0.3, -0.25) is 0 Å². The lowest BCUT2D eigenvalue weighted by Gasteiger charge is -2.06. The van der Waals surface area contributed by atoms with E-state index < -0.39 is 0 Å². The van der Waals surface area contributed by atoms with Crippen LogP contribution in [0.1, 0.15) is 16.7 Å². The number of rotatable bonds is 3. The molecule has 78 valence electrons. The molecule has 0 saturated carbocycles. The number of thiophene rings is 1. The first-order valence-corrected chi connectivity index (χ1v) is 5.90. The van der Waals surface area contributed by atoms with E-state index >= 15 is 0 Å². The molecule has 0 unspecified atom stereocenters. The summed E-state index contributed by atoms with van der Waals surface area (Å²) in [6.45, 7) is 4.83. The van der Waals surface area contributed by atoms with Crippen molar-refractivity contribution in [2.45, 2.75) is 20.5 Å². The first-order valence-electron chi connectivity index (χ1n) is 4.96.